The Balaban J connectivity index is 2.22. The molecule has 0 spiro atoms. The molecular weight excluding hydrogens is 312 g/mol. The first kappa shape index (κ1) is 16.3. The lowest BCUT2D eigenvalue weighted by Gasteiger charge is -2.23. The molecule has 1 amide bonds. The van der Waals surface area contributed by atoms with Crippen molar-refractivity contribution in [2.45, 2.75) is 37.1 Å². The third kappa shape index (κ3) is 3.56. The minimum Gasteiger partial charge on any atom is -0.355 e. The van der Waals surface area contributed by atoms with Crippen molar-refractivity contribution in [2.75, 3.05) is 13.1 Å². The molecule has 0 aliphatic carbocycles. The molecule has 1 N–H and O–H groups in total. The van der Waals surface area contributed by atoms with Crippen molar-refractivity contribution in [3.63, 3.8) is 0 Å². The van der Waals surface area contributed by atoms with Crippen LogP contribution in [-0.2, 0) is 14.8 Å². The highest BCUT2D eigenvalue weighted by Gasteiger charge is 2.39. The molecule has 116 valence electrons. The molecule has 21 heavy (non-hydrogen) atoms. The summed E-state index contributed by atoms with van der Waals surface area (Å²) in [6, 6.07) is 5.40. The highest BCUT2D eigenvalue weighted by Crippen LogP contribution is 2.26. The molecule has 1 atom stereocenters. The van der Waals surface area contributed by atoms with Crippen molar-refractivity contribution >= 4 is 27.5 Å². The summed E-state index contributed by atoms with van der Waals surface area (Å²) < 4.78 is 26.6. The number of nitrogens with zero attached hydrogens (tertiary/aromatic N) is 1. The fourth-order valence-corrected chi connectivity index (χ4v) is 4.18. The van der Waals surface area contributed by atoms with E-state index in [2.05, 4.69) is 5.32 Å². The number of sulfonamides is 1. The van der Waals surface area contributed by atoms with Crippen LogP contribution in [0.4, 0.5) is 0 Å². The van der Waals surface area contributed by atoms with E-state index in [-0.39, 0.29) is 10.8 Å². The van der Waals surface area contributed by atoms with Gasteiger partial charge < -0.3 is 5.32 Å². The topological polar surface area (TPSA) is 66.5 Å². The highest BCUT2D eigenvalue weighted by molar-refractivity contribution is 7.89. The Kier molecular flexibility index (Phi) is 5.24. The maximum absolute atomic E-state index is 12.6. The minimum atomic E-state index is -3.66. The molecule has 1 aromatic carbocycles. The average Bonchev–Trinajstić information content (AvgIpc) is 2.95. The number of carbonyl (C=O) groups excluding carboxylic acids is 1. The number of halogens is 1. The number of rotatable bonds is 5. The molecule has 0 unspecified atom stereocenters. The normalized spacial score (nSPS) is 19.6. The molecule has 7 heteroatoms. The van der Waals surface area contributed by atoms with Gasteiger partial charge in [-0.05, 0) is 43.5 Å². The molecule has 1 heterocycles. The lowest BCUT2D eigenvalue weighted by molar-refractivity contribution is -0.124. The van der Waals surface area contributed by atoms with Gasteiger partial charge in [-0.15, -0.1) is 0 Å². The van der Waals surface area contributed by atoms with Crippen molar-refractivity contribution in [1.82, 2.24) is 9.62 Å². The highest BCUT2D eigenvalue weighted by atomic mass is 35.5. The lowest BCUT2D eigenvalue weighted by Crippen LogP contribution is -2.46. The zero-order chi connectivity index (χ0) is 15.5. The van der Waals surface area contributed by atoms with Crippen LogP contribution < -0.4 is 5.32 Å². The maximum atomic E-state index is 12.6. The summed E-state index contributed by atoms with van der Waals surface area (Å²) >= 11 is 5.79. The quantitative estimate of drug-likeness (QED) is 0.898. The Morgan fingerprint density at radius 3 is 2.67 bits per heavy atom. The smallest absolute Gasteiger partial charge is 0.243 e. The van der Waals surface area contributed by atoms with E-state index < -0.39 is 16.1 Å². The minimum absolute atomic E-state index is 0.169. The monoisotopic (exact) mass is 330 g/mol. The van der Waals surface area contributed by atoms with Gasteiger partial charge >= 0.3 is 0 Å². The predicted molar refractivity (Wildman–Crippen MR) is 81.7 cm³/mol. The Morgan fingerprint density at radius 1 is 1.38 bits per heavy atom. The predicted octanol–water partition coefficient (Wildman–Crippen LogP) is 2.02. The molecule has 1 saturated heterocycles. The number of amides is 1. The summed E-state index contributed by atoms with van der Waals surface area (Å²) in [5, 5.41) is 3.25. The average molecular weight is 331 g/mol. The van der Waals surface area contributed by atoms with Crippen molar-refractivity contribution in [3.05, 3.63) is 29.3 Å². The zero-order valence-corrected chi connectivity index (χ0v) is 13.5. The van der Waals surface area contributed by atoms with Crippen LogP contribution in [0.2, 0.25) is 5.02 Å². The standard InChI is InChI=1S/C14H19ClN2O3S/c1-2-9-16-14(18)13-4-3-10-17(13)21(19,20)12-7-5-11(15)6-8-12/h5-8,13H,2-4,9-10H2,1H3,(H,16,18)/t13-/m1/s1. The van der Waals surface area contributed by atoms with Gasteiger partial charge in [-0.2, -0.15) is 4.31 Å². The number of benzene rings is 1. The molecule has 0 bridgehead atoms. The summed E-state index contributed by atoms with van der Waals surface area (Å²) in [4.78, 5) is 12.3. The summed E-state index contributed by atoms with van der Waals surface area (Å²) in [5.74, 6) is -0.216. The Hall–Kier alpha value is -1.11. The number of nitrogens with one attached hydrogen (secondary N) is 1. The fraction of sp³-hybridized carbons (Fsp3) is 0.500. The van der Waals surface area contributed by atoms with Gasteiger partial charge in [0.15, 0.2) is 0 Å². The molecule has 0 radical (unpaired) electrons. The van der Waals surface area contributed by atoms with Crippen LogP contribution in [0, 0.1) is 0 Å². The molecular formula is C14H19ClN2O3S. The van der Waals surface area contributed by atoms with Crippen LogP contribution in [0.3, 0.4) is 0 Å². The largest absolute Gasteiger partial charge is 0.355 e. The maximum Gasteiger partial charge on any atom is 0.243 e. The second-order valence-electron chi connectivity index (χ2n) is 5.02. The molecule has 1 aliphatic heterocycles. The molecule has 2 rings (SSSR count). The van der Waals surface area contributed by atoms with Gasteiger partial charge in [0.25, 0.3) is 0 Å². The number of hydrogen-bond acceptors (Lipinski definition) is 3. The van der Waals surface area contributed by atoms with Gasteiger partial charge in [0.05, 0.1) is 4.90 Å². The Morgan fingerprint density at radius 2 is 2.05 bits per heavy atom. The Labute approximate surface area is 130 Å². The van der Waals surface area contributed by atoms with E-state index in [1.54, 1.807) is 0 Å². The van der Waals surface area contributed by atoms with Crippen LogP contribution in [0.5, 0.6) is 0 Å². The SMILES string of the molecule is CCCNC(=O)[C@H]1CCCN1S(=O)(=O)c1ccc(Cl)cc1. The summed E-state index contributed by atoms with van der Waals surface area (Å²) in [5.41, 5.74) is 0. The van der Waals surface area contributed by atoms with Gasteiger partial charge in [0.1, 0.15) is 6.04 Å². The molecule has 1 aliphatic rings. The van der Waals surface area contributed by atoms with Crippen LogP contribution in [0.25, 0.3) is 0 Å². The van der Waals surface area contributed by atoms with Gasteiger partial charge in [-0.3, -0.25) is 4.79 Å². The molecule has 1 aromatic rings. The van der Waals surface area contributed by atoms with Gasteiger partial charge in [0, 0.05) is 18.1 Å². The molecule has 5 nitrogen and oxygen atoms in total. The van der Waals surface area contributed by atoms with Gasteiger partial charge in [0.2, 0.25) is 15.9 Å². The number of hydrogen-bond donors (Lipinski definition) is 1. The van der Waals surface area contributed by atoms with E-state index in [0.717, 1.165) is 6.42 Å². The van der Waals surface area contributed by atoms with E-state index in [0.29, 0.717) is 31.0 Å². The molecule has 0 aromatic heterocycles. The van der Waals surface area contributed by atoms with Crippen molar-refractivity contribution in [3.8, 4) is 0 Å². The van der Waals surface area contributed by atoms with E-state index in [1.807, 2.05) is 6.92 Å². The van der Waals surface area contributed by atoms with E-state index in [4.69, 9.17) is 11.6 Å². The molecule has 1 fully saturated rings. The van der Waals surface area contributed by atoms with Gasteiger partial charge in [-0.1, -0.05) is 18.5 Å². The van der Waals surface area contributed by atoms with Crippen LogP contribution in [0.15, 0.2) is 29.2 Å². The lowest BCUT2D eigenvalue weighted by atomic mass is 10.2. The summed E-state index contributed by atoms with van der Waals surface area (Å²) in [6.45, 7) is 2.89. The van der Waals surface area contributed by atoms with E-state index in [1.165, 1.54) is 28.6 Å². The Bertz CT molecular complexity index is 601. The third-order valence-electron chi connectivity index (χ3n) is 3.48. The molecule has 0 saturated carbocycles. The van der Waals surface area contributed by atoms with Crippen LogP contribution >= 0.6 is 11.6 Å². The van der Waals surface area contributed by atoms with Crippen LogP contribution in [0.1, 0.15) is 26.2 Å². The second kappa shape index (κ2) is 6.77. The van der Waals surface area contributed by atoms with E-state index in [9.17, 15) is 13.2 Å². The van der Waals surface area contributed by atoms with Crippen molar-refractivity contribution < 1.29 is 13.2 Å². The van der Waals surface area contributed by atoms with Crippen LogP contribution in [-0.4, -0.2) is 37.8 Å². The first-order valence-corrected chi connectivity index (χ1v) is 8.83. The first-order valence-electron chi connectivity index (χ1n) is 7.02. The van der Waals surface area contributed by atoms with Crippen molar-refractivity contribution in [2.24, 2.45) is 0 Å². The summed E-state index contributed by atoms with van der Waals surface area (Å²) in [6.07, 6.45) is 2.07. The van der Waals surface area contributed by atoms with E-state index >= 15 is 0 Å². The third-order valence-corrected chi connectivity index (χ3v) is 5.65. The van der Waals surface area contributed by atoms with Gasteiger partial charge in [-0.25, -0.2) is 8.42 Å². The van der Waals surface area contributed by atoms with Crippen molar-refractivity contribution in [1.29, 1.82) is 0 Å². The zero-order valence-electron chi connectivity index (χ0n) is 11.9. The second-order valence-corrected chi connectivity index (χ2v) is 7.35. The fourth-order valence-electron chi connectivity index (χ4n) is 2.40. The number of carbonyl (C=O) groups is 1. The first-order chi connectivity index (χ1) is 9.96. The summed E-state index contributed by atoms with van der Waals surface area (Å²) in [7, 11) is -3.66.